The van der Waals surface area contributed by atoms with E-state index >= 15 is 0 Å². The average Bonchev–Trinajstić information content (AvgIpc) is 3.14. The normalized spacial score (nSPS) is 11.0. The van der Waals surface area contributed by atoms with Crippen LogP contribution in [0.3, 0.4) is 0 Å². The van der Waals surface area contributed by atoms with Crippen molar-refractivity contribution in [2.75, 3.05) is 10.0 Å². The van der Waals surface area contributed by atoms with Crippen LogP contribution in [0.5, 0.6) is 0 Å². The van der Waals surface area contributed by atoms with E-state index in [1.54, 1.807) is 13.0 Å². The summed E-state index contributed by atoms with van der Waals surface area (Å²) in [7, 11) is -4.06. The van der Waals surface area contributed by atoms with Gasteiger partial charge >= 0.3 is 12.1 Å². The van der Waals surface area contributed by atoms with Crippen LogP contribution in [0.4, 0.5) is 24.0 Å². The Labute approximate surface area is 211 Å². The summed E-state index contributed by atoms with van der Waals surface area (Å²) in [5, 5.41) is 19.3. The number of carbonyl (C=O) groups is 2. The molecule has 0 saturated carbocycles. The number of nitrogens with one attached hydrogen (secondary N) is 2. The molecule has 0 aliphatic heterocycles. The highest BCUT2D eigenvalue weighted by Crippen LogP contribution is 2.35. The molecule has 0 fully saturated rings. The van der Waals surface area contributed by atoms with Gasteiger partial charge in [0, 0.05) is 18.7 Å². The van der Waals surface area contributed by atoms with E-state index in [9.17, 15) is 31.6 Å². The molecule has 3 N–H and O–H groups in total. The summed E-state index contributed by atoms with van der Waals surface area (Å²) in [5.74, 6) is -3.00. The van der Waals surface area contributed by atoms with E-state index in [1.807, 2.05) is 6.07 Å². The number of aromatic nitrogens is 2. The number of hydrogen-bond acceptors (Lipinski definition) is 8. The van der Waals surface area contributed by atoms with E-state index < -0.39 is 22.2 Å². The Morgan fingerprint density at radius 3 is 2.42 bits per heavy atom. The molecule has 0 aliphatic rings. The lowest BCUT2D eigenvalue weighted by Crippen LogP contribution is -2.21. The van der Waals surface area contributed by atoms with Gasteiger partial charge in [-0.2, -0.15) is 18.4 Å². The molecule has 36 heavy (non-hydrogen) atoms. The second kappa shape index (κ2) is 11.3. The van der Waals surface area contributed by atoms with Gasteiger partial charge in [0.25, 0.3) is 10.0 Å². The molecule has 0 radical (unpaired) electrons. The molecule has 3 rings (SSSR count). The number of aliphatic carboxylic acids is 1. The highest BCUT2D eigenvalue weighted by Gasteiger charge is 2.38. The molecule has 0 unspecified atom stereocenters. The molecule has 0 spiro atoms. The molecule has 1 aromatic carbocycles. The summed E-state index contributed by atoms with van der Waals surface area (Å²) in [5.41, 5.74) is 1.29. The Kier molecular flexibility index (Phi) is 8.97. The smallest absolute Gasteiger partial charge is 0.475 e. The van der Waals surface area contributed by atoms with Crippen LogP contribution in [0, 0.1) is 18.3 Å². The zero-order valence-electron chi connectivity index (χ0n) is 18.2. The van der Waals surface area contributed by atoms with Crippen LogP contribution >= 0.6 is 22.9 Å². The van der Waals surface area contributed by atoms with Crippen LogP contribution in [-0.4, -0.2) is 41.5 Å². The van der Waals surface area contributed by atoms with Gasteiger partial charge in [0.05, 0.1) is 21.8 Å². The molecule has 0 bridgehead atoms. The fraction of sp³-hybridized carbons (Fsp3) is 0.150. The Bertz CT molecular complexity index is 1450. The summed E-state index contributed by atoms with van der Waals surface area (Å²) in [6.07, 6.45) is -3.60. The molecular formula is C20H15ClF3N5O5S2. The standard InChI is InChI=1S/C18H14ClN5O3S2.C2HF3O2/c1-10-16(28-18(22-10)23-11(2)25)13-7-14(17(19)21-9-13)24-29(26,27)15-6-4-3-5-12(15)8-20;3-2(4,5)1(6)7/h3-7,9,24H,1-2H3,(H,22,23,25);(H,6,7). The lowest BCUT2D eigenvalue weighted by atomic mass is 10.2. The van der Waals surface area contributed by atoms with Crippen molar-refractivity contribution in [3.63, 3.8) is 0 Å². The number of halogens is 4. The molecule has 2 heterocycles. The minimum atomic E-state index is -5.08. The predicted molar refractivity (Wildman–Crippen MR) is 125 cm³/mol. The lowest BCUT2D eigenvalue weighted by Gasteiger charge is -2.11. The fourth-order valence-corrected chi connectivity index (χ4v) is 4.92. The summed E-state index contributed by atoms with van der Waals surface area (Å²) in [6, 6.07) is 9.23. The van der Waals surface area contributed by atoms with Crippen molar-refractivity contribution in [2.24, 2.45) is 0 Å². The van der Waals surface area contributed by atoms with Crippen LogP contribution in [-0.2, 0) is 19.6 Å². The third kappa shape index (κ3) is 7.38. The number of carbonyl (C=O) groups excluding carboxylic acids is 1. The maximum absolute atomic E-state index is 12.8. The number of benzene rings is 1. The van der Waals surface area contributed by atoms with E-state index in [0.29, 0.717) is 21.3 Å². The van der Waals surface area contributed by atoms with Crippen LogP contribution in [0.15, 0.2) is 41.4 Å². The quantitative estimate of drug-likeness (QED) is 0.385. The monoisotopic (exact) mass is 561 g/mol. The minimum Gasteiger partial charge on any atom is -0.475 e. The van der Waals surface area contributed by atoms with Gasteiger partial charge in [-0.1, -0.05) is 35.1 Å². The minimum absolute atomic E-state index is 0.0125. The Morgan fingerprint density at radius 1 is 1.25 bits per heavy atom. The van der Waals surface area contributed by atoms with E-state index in [0.717, 1.165) is 0 Å². The number of nitrogens with zero attached hydrogens (tertiary/aromatic N) is 3. The van der Waals surface area contributed by atoms with Crippen molar-refractivity contribution in [1.29, 1.82) is 5.26 Å². The SMILES string of the molecule is CC(=O)Nc1nc(C)c(-c2cnc(Cl)c(NS(=O)(=O)c3ccccc3C#N)c2)s1.O=C(O)C(F)(F)F. The molecule has 3 aromatic rings. The van der Waals surface area contributed by atoms with Gasteiger partial charge in [0.2, 0.25) is 5.91 Å². The number of anilines is 2. The number of rotatable bonds is 5. The summed E-state index contributed by atoms with van der Waals surface area (Å²) in [6.45, 7) is 3.14. The third-order valence-corrected chi connectivity index (χ3v) is 6.81. The van der Waals surface area contributed by atoms with Gasteiger partial charge in [-0.05, 0) is 25.1 Å². The van der Waals surface area contributed by atoms with Gasteiger partial charge < -0.3 is 10.4 Å². The molecule has 16 heteroatoms. The summed E-state index contributed by atoms with van der Waals surface area (Å²) >= 11 is 7.32. The van der Waals surface area contributed by atoms with Crippen molar-refractivity contribution >= 4 is 55.7 Å². The molecule has 0 saturated heterocycles. The van der Waals surface area contributed by atoms with Crippen LogP contribution in [0.25, 0.3) is 10.4 Å². The number of carboxylic acid groups (broad SMARTS) is 1. The van der Waals surface area contributed by atoms with Crippen molar-refractivity contribution < 1.29 is 36.3 Å². The molecule has 1 amide bonds. The molecule has 190 valence electrons. The number of aryl methyl sites for hydroxylation is 1. The predicted octanol–water partition coefficient (Wildman–Crippen LogP) is 4.43. The number of sulfonamides is 1. The summed E-state index contributed by atoms with van der Waals surface area (Å²) < 4.78 is 59.7. The van der Waals surface area contributed by atoms with Gasteiger partial charge in [0.15, 0.2) is 10.3 Å². The van der Waals surface area contributed by atoms with Gasteiger partial charge in [0.1, 0.15) is 11.0 Å². The highest BCUT2D eigenvalue weighted by atomic mass is 35.5. The Morgan fingerprint density at radius 2 is 1.86 bits per heavy atom. The van der Waals surface area contributed by atoms with E-state index in [-0.39, 0.29) is 27.2 Å². The topological polar surface area (TPSA) is 162 Å². The molecule has 0 aliphatic carbocycles. The number of hydrogen-bond donors (Lipinski definition) is 3. The van der Waals surface area contributed by atoms with Crippen molar-refractivity contribution in [3.05, 3.63) is 52.9 Å². The van der Waals surface area contributed by atoms with E-state index in [4.69, 9.17) is 21.5 Å². The number of carboxylic acids is 1. The van der Waals surface area contributed by atoms with Gasteiger partial charge in [-0.3, -0.25) is 9.52 Å². The van der Waals surface area contributed by atoms with Crippen molar-refractivity contribution in [1.82, 2.24) is 9.97 Å². The Balaban J connectivity index is 0.000000572. The first-order valence-electron chi connectivity index (χ1n) is 9.38. The number of amides is 1. The molecule has 10 nitrogen and oxygen atoms in total. The molecular weight excluding hydrogens is 547 g/mol. The fourth-order valence-electron chi connectivity index (χ4n) is 2.51. The van der Waals surface area contributed by atoms with Gasteiger partial charge in [-0.15, -0.1) is 0 Å². The molecule has 0 atom stereocenters. The lowest BCUT2D eigenvalue weighted by molar-refractivity contribution is -0.192. The number of nitriles is 1. The summed E-state index contributed by atoms with van der Waals surface area (Å²) in [4.78, 5) is 29.0. The zero-order valence-corrected chi connectivity index (χ0v) is 20.6. The second-order valence-corrected chi connectivity index (χ2v) is 9.70. The average molecular weight is 562 g/mol. The largest absolute Gasteiger partial charge is 0.490 e. The van der Waals surface area contributed by atoms with Crippen LogP contribution < -0.4 is 10.0 Å². The highest BCUT2D eigenvalue weighted by molar-refractivity contribution is 7.92. The first-order valence-corrected chi connectivity index (χ1v) is 12.1. The second-order valence-electron chi connectivity index (χ2n) is 6.69. The van der Waals surface area contributed by atoms with Gasteiger partial charge in [-0.25, -0.2) is 23.2 Å². The molecule has 2 aromatic heterocycles. The zero-order chi connectivity index (χ0) is 27.3. The maximum atomic E-state index is 12.8. The maximum Gasteiger partial charge on any atom is 0.490 e. The first-order chi connectivity index (χ1) is 16.7. The van der Waals surface area contributed by atoms with Crippen LogP contribution in [0.1, 0.15) is 18.2 Å². The van der Waals surface area contributed by atoms with Crippen molar-refractivity contribution in [2.45, 2.75) is 24.9 Å². The van der Waals surface area contributed by atoms with E-state index in [2.05, 4.69) is 20.0 Å². The van der Waals surface area contributed by atoms with E-state index in [1.165, 1.54) is 48.7 Å². The number of alkyl halides is 3. The first kappa shape index (κ1) is 28.5. The number of thiazole rings is 1. The van der Waals surface area contributed by atoms with Crippen LogP contribution in [0.2, 0.25) is 5.15 Å². The Hall–Kier alpha value is -3.74. The van der Waals surface area contributed by atoms with Crippen molar-refractivity contribution in [3.8, 4) is 16.5 Å². The number of pyridine rings is 1. The third-order valence-electron chi connectivity index (χ3n) is 3.96.